The quantitative estimate of drug-likeness (QED) is 0.353. The second kappa shape index (κ2) is 12.0. The summed E-state index contributed by atoms with van der Waals surface area (Å²) in [7, 11) is -7.49. The lowest BCUT2D eigenvalue weighted by molar-refractivity contribution is 0.189. The highest BCUT2D eigenvalue weighted by molar-refractivity contribution is 7.91. The minimum atomic E-state index is -3.76. The van der Waals surface area contributed by atoms with Crippen molar-refractivity contribution < 1.29 is 21.2 Å². The fourth-order valence-corrected chi connectivity index (χ4v) is 8.72. The van der Waals surface area contributed by atoms with Crippen LogP contribution >= 0.6 is 23.7 Å². The average Bonchev–Trinajstić information content (AvgIpc) is 3.35. The van der Waals surface area contributed by atoms with Crippen LogP contribution in [0.3, 0.4) is 0 Å². The Morgan fingerprint density at radius 3 is 2.19 bits per heavy atom. The predicted octanol–water partition coefficient (Wildman–Crippen LogP) is 4.56. The van der Waals surface area contributed by atoms with Crippen molar-refractivity contribution in [3.63, 3.8) is 0 Å². The Balaban J connectivity index is 0.00000361. The van der Waals surface area contributed by atoms with Crippen molar-refractivity contribution in [1.82, 2.24) is 9.21 Å². The molecule has 6 nitrogen and oxygen atoms in total. The largest absolute Gasteiger partial charge is 0.300 e. The Kier molecular flexibility index (Phi) is 9.48. The SMILES string of the molecule is C=CC(c1cc(S(=O)(=O)c2ccccc2)cs1)S(=O)(=O)N1CCN(CCc2ccc(F)cc2)CC1.Cl. The van der Waals surface area contributed by atoms with Gasteiger partial charge in [0, 0.05) is 43.0 Å². The summed E-state index contributed by atoms with van der Waals surface area (Å²) in [6, 6.07) is 15.9. The molecule has 0 saturated carbocycles. The van der Waals surface area contributed by atoms with Crippen LogP contribution < -0.4 is 0 Å². The Morgan fingerprint density at radius 2 is 1.58 bits per heavy atom. The molecule has 1 aliphatic rings. The van der Waals surface area contributed by atoms with Crippen LogP contribution in [-0.4, -0.2) is 58.8 Å². The van der Waals surface area contributed by atoms with Gasteiger partial charge in [0.2, 0.25) is 19.9 Å². The van der Waals surface area contributed by atoms with Crippen LogP contribution in [0.25, 0.3) is 0 Å². The normalized spacial score (nSPS) is 16.2. The van der Waals surface area contributed by atoms with Gasteiger partial charge < -0.3 is 4.90 Å². The maximum Gasteiger partial charge on any atom is 0.225 e. The number of hydrogen-bond acceptors (Lipinski definition) is 6. The Bertz CT molecular complexity index is 1370. The molecule has 0 aliphatic carbocycles. The minimum absolute atomic E-state index is 0. The molecule has 2 aromatic carbocycles. The molecule has 0 N–H and O–H groups in total. The first kappa shape index (κ1) is 28.5. The zero-order valence-electron chi connectivity index (χ0n) is 19.5. The molecule has 36 heavy (non-hydrogen) atoms. The minimum Gasteiger partial charge on any atom is -0.300 e. The van der Waals surface area contributed by atoms with E-state index in [4.69, 9.17) is 0 Å². The van der Waals surface area contributed by atoms with Crippen molar-refractivity contribution >= 4 is 43.6 Å². The van der Waals surface area contributed by atoms with Gasteiger partial charge in [0.1, 0.15) is 11.1 Å². The lowest BCUT2D eigenvalue weighted by Crippen LogP contribution is -2.49. The zero-order valence-corrected chi connectivity index (χ0v) is 22.8. The van der Waals surface area contributed by atoms with E-state index < -0.39 is 25.1 Å². The summed E-state index contributed by atoms with van der Waals surface area (Å²) in [5.41, 5.74) is 1.03. The number of piperazine rings is 1. The Labute approximate surface area is 222 Å². The summed E-state index contributed by atoms with van der Waals surface area (Å²) in [4.78, 5) is 2.86. The van der Waals surface area contributed by atoms with Gasteiger partial charge >= 0.3 is 0 Å². The van der Waals surface area contributed by atoms with Crippen LogP contribution in [0.15, 0.2) is 88.5 Å². The fraction of sp³-hybridized carbons (Fsp3) is 0.280. The molecule has 1 unspecified atom stereocenters. The topological polar surface area (TPSA) is 74.8 Å². The van der Waals surface area contributed by atoms with E-state index in [2.05, 4.69) is 11.5 Å². The summed E-state index contributed by atoms with van der Waals surface area (Å²) in [5.74, 6) is -0.264. The van der Waals surface area contributed by atoms with Crippen molar-refractivity contribution in [1.29, 1.82) is 0 Å². The number of halogens is 2. The summed E-state index contributed by atoms with van der Waals surface area (Å²) >= 11 is 1.11. The van der Waals surface area contributed by atoms with Crippen LogP contribution in [0.5, 0.6) is 0 Å². The van der Waals surface area contributed by atoms with Crippen molar-refractivity contribution in [3.8, 4) is 0 Å². The Morgan fingerprint density at radius 1 is 0.944 bits per heavy atom. The van der Waals surface area contributed by atoms with E-state index in [-0.39, 0.29) is 28.0 Å². The third-order valence-electron chi connectivity index (χ3n) is 6.10. The number of sulfonamides is 1. The molecule has 1 fully saturated rings. The monoisotopic (exact) mass is 570 g/mol. The van der Waals surface area contributed by atoms with Crippen molar-refractivity contribution in [2.24, 2.45) is 0 Å². The molecule has 1 aromatic heterocycles. The van der Waals surface area contributed by atoms with E-state index in [1.54, 1.807) is 30.3 Å². The van der Waals surface area contributed by atoms with Crippen molar-refractivity contribution in [2.75, 3.05) is 32.7 Å². The number of rotatable bonds is 9. The first-order chi connectivity index (χ1) is 16.7. The lowest BCUT2D eigenvalue weighted by atomic mass is 10.1. The van der Waals surface area contributed by atoms with Gasteiger partial charge in [-0.3, -0.25) is 0 Å². The van der Waals surface area contributed by atoms with Gasteiger partial charge in [-0.1, -0.05) is 36.4 Å². The maximum atomic E-state index is 13.4. The van der Waals surface area contributed by atoms with Crippen molar-refractivity contribution in [3.05, 3.63) is 95.0 Å². The van der Waals surface area contributed by atoms with Crippen LogP contribution in [0.2, 0.25) is 0 Å². The van der Waals surface area contributed by atoms with Gasteiger partial charge in [-0.05, 0) is 42.3 Å². The Hall–Kier alpha value is -2.08. The first-order valence-electron chi connectivity index (χ1n) is 11.2. The molecular formula is C25H28ClFN2O4S3. The third-order valence-corrected chi connectivity index (χ3v) is 11.3. The van der Waals surface area contributed by atoms with Crippen molar-refractivity contribution in [2.45, 2.75) is 21.5 Å². The molecule has 4 rings (SSSR count). The summed E-state index contributed by atoms with van der Waals surface area (Å²) in [6.07, 6.45) is 2.12. The number of sulfone groups is 1. The summed E-state index contributed by atoms with van der Waals surface area (Å²) in [5, 5.41) is 0.467. The maximum absolute atomic E-state index is 13.4. The second-order valence-electron chi connectivity index (χ2n) is 8.32. The molecule has 0 bridgehead atoms. The number of benzene rings is 2. The van der Waals surface area contributed by atoms with Gasteiger partial charge in [-0.2, -0.15) is 4.31 Å². The summed E-state index contributed by atoms with van der Waals surface area (Å²) in [6.45, 7) is 6.35. The van der Waals surface area contributed by atoms with Gasteiger partial charge in [0.05, 0.1) is 9.79 Å². The van der Waals surface area contributed by atoms with E-state index in [0.717, 1.165) is 29.9 Å². The third kappa shape index (κ3) is 6.24. The van der Waals surface area contributed by atoms with E-state index >= 15 is 0 Å². The van der Waals surface area contributed by atoms with Gasteiger partial charge in [-0.15, -0.1) is 30.3 Å². The molecule has 1 aliphatic heterocycles. The molecule has 1 atom stereocenters. The lowest BCUT2D eigenvalue weighted by Gasteiger charge is -2.35. The average molecular weight is 571 g/mol. The molecular weight excluding hydrogens is 543 g/mol. The van der Waals surface area contributed by atoms with E-state index in [1.165, 1.54) is 46.1 Å². The molecule has 2 heterocycles. The predicted molar refractivity (Wildman–Crippen MR) is 143 cm³/mol. The first-order valence-corrected chi connectivity index (χ1v) is 15.1. The van der Waals surface area contributed by atoms with Gasteiger partial charge in [-0.25, -0.2) is 21.2 Å². The molecule has 0 radical (unpaired) electrons. The van der Waals surface area contributed by atoms with Gasteiger partial charge in [0.15, 0.2) is 0 Å². The molecule has 1 saturated heterocycles. The van der Waals surface area contributed by atoms with Gasteiger partial charge in [0.25, 0.3) is 0 Å². The van der Waals surface area contributed by atoms with E-state index in [9.17, 15) is 21.2 Å². The fourth-order valence-electron chi connectivity index (χ4n) is 4.05. The highest BCUT2D eigenvalue weighted by Crippen LogP contribution is 2.35. The van der Waals surface area contributed by atoms with Crippen LogP contribution in [-0.2, 0) is 26.3 Å². The number of nitrogens with zero attached hydrogens (tertiary/aromatic N) is 2. The smallest absolute Gasteiger partial charge is 0.225 e. The second-order valence-corrected chi connectivity index (χ2v) is 13.3. The zero-order chi connectivity index (χ0) is 25.1. The van der Waals surface area contributed by atoms with E-state index in [1.807, 2.05) is 0 Å². The molecule has 0 amide bonds. The number of hydrogen-bond donors (Lipinski definition) is 0. The summed E-state index contributed by atoms with van der Waals surface area (Å²) < 4.78 is 67.2. The van der Waals surface area contributed by atoms with Crippen LogP contribution in [0.4, 0.5) is 4.39 Å². The van der Waals surface area contributed by atoms with E-state index in [0.29, 0.717) is 31.1 Å². The molecule has 3 aromatic rings. The highest BCUT2D eigenvalue weighted by atomic mass is 35.5. The standard InChI is InChI=1S/C25H27FN2O4S3.ClH/c1-2-25(24-18-23(19-33-24)34(29,30)22-6-4-3-5-7-22)35(31,32)28-16-14-27(15-17-28)13-12-20-8-10-21(26)11-9-20;/h2-11,18-19,25H,1,12-17H2;1H. The molecule has 194 valence electrons. The molecule has 11 heteroatoms. The highest BCUT2D eigenvalue weighted by Gasteiger charge is 2.35. The number of thiophene rings is 1. The van der Waals surface area contributed by atoms with Crippen LogP contribution in [0, 0.1) is 5.82 Å². The van der Waals surface area contributed by atoms with Crippen LogP contribution in [0.1, 0.15) is 15.7 Å². The molecule has 0 spiro atoms.